The van der Waals surface area contributed by atoms with Crippen molar-refractivity contribution in [1.82, 2.24) is 0 Å². The fourth-order valence-electron chi connectivity index (χ4n) is 8.72. The van der Waals surface area contributed by atoms with Gasteiger partial charge in [0.2, 0.25) is 0 Å². The van der Waals surface area contributed by atoms with Crippen LogP contribution in [-0.4, -0.2) is 66.4 Å². The standard InChI is InChI=1S/C42H54N4O2.C2H4O2.Co/c1-39(2)14-18-45-20-16-41(5,6)33-35(45)30(39)22-28(37(33)47)24-43-26-32(27-12-10-9-11-13-27)44-25-29-23-31-36-34(38(29)48)42(7,8)17-21-46(36)19-15-40(31,3)4;1-2(3)4;/h9-13,22-25,32,47-48H,14-21,26H2,1-8H3;1H3,(H,3,4);. The molecule has 4 aliphatic heterocycles. The van der Waals surface area contributed by atoms with Crippen LogP contribution in [0, 0.1) is 0 Å². The van der Waals surface area contributed by atoms with Gasteiger partial charge in [-0.2, -0.15) is 0 Å². The van der Waals surface area contributed by atoms with E-state index in [4.69, 9.17) is 19.9 Å². The maximum atomic E-state index is 11.8. The molecule has 1 unspecified atom stereocenters. The van der Waals surface area contributed by atoms with Crippen LogP contribution in [0.4, 0.5) is 11.4 Å². The smallest absolute Gasteiger partial charge is 0.300 e. The van der Waals surface area contributed by atoms with Gasteiger partial charge in [-0.1, -0.05) is 85.7 Å². The van der Waals surface area contributed by atoms with E-state index in [1.165, 1.54) is 22.5 Å². The Morgan fingerprint density at radius 2 is 1.11 bits per heavy atom. The van der Waals surface area contributed by atoms with E-state index in [-0.39, 0.29) is 44.5 Å². The van der Waals surface area contributed by atoms with Crippen LogP contribution in [0.3, 0.4) is 0 Å². The SMILES string of the molecule is CC(=O)O.CC1(C)CCN2CCC(C)(C)c3c(O)c(C=NCC(N=Cc4cc5c6c(c4O)C(C)(C)CCN6CCC5(C)C)c4ccccc4)cc1c32.[Co]. The van der Waals surface area contributed by atoms with Crippen LogP contribution < -0.4 is 9.80 Å². The Bertz CT molecular complexity index is 1910. The summed E-state index contributed by atoms with van der Waals surface area (Å²) in [5.41, 5.74) is 9.65. The van der Waals surface area contributed by atoms with Crippen molar-refractivity contribution in [1.29, 1.82) is 0 Å². The number of aliphatic imine (C=N–C) groups is 2. The largest absolute Gasteiger partial charge is 0.507 e. The third kappa shape index (κ3) is 7.74. The number of hydrogen-bond acceptors (Lipinski definition) is 7. The van der Waals surface area contributed by atoms with Gasteiger partial charge < -0.3 is 25.1 Å². The summed E-state index contributed by atoms with van der Waals surface area (Å²) in [7, 11) is 0. The molecule has 8 nitrogen and oxygen atoms in total. The number of carbonyl (C=O) groups is 1. The van der Waals surface area contributed by atoms with Gasteiger partial charge in [0.15, 0.2) is 0 Å². The van der Waals surface area contributed by atoms with Crippen molar-refractivity contribution >= 4 is 29.8 Å². The number of rotatable bonds is 6. The average molecular weight is 766 g/mol. The Morgan fingerprint density at radius 1 is 0.717 bits per heavy atom. The number of aliphatic carboxylic acids is 1. The van der Waals surface area contributed by atoms with Crippen molar-refractivity contribution in [2.75, 3.05) is 42.5 Å². The topological polar surface area (TPSA) is 109 Å². The van der Waals surface area contributed by atoms with Crippen molar-refractivity contribution in [3.05, 3.63) is 81.4 Å². The van der Waals surface area contributed by atoms with Crippen LogP contribution in [0.1, 0.15) is 133 Å². The van der Waals surface area contributed by atoms with E-state index in [9.17, 15) is 10.2 Å². The fraction of sp³-hybridized carbons (Fsp3) is 0.523. The number of phenolic OH excluding ortho intramolecular Hbond substituents is 2. The molecule has 4 aliphatic rings. The first-order valence-electron chi connectivity index (χ1n) is 18.9. The zero-order valence-electron chi connectivity index (χ0n) is 33.0. The number of anilines is 2. The van der Waals surface area contributed by atoms with Crippen LogP contribution in [0.15, 0.2) is 52.4 Å². The molecule has 0 aliphatic carbocycles. The summed E-state index contributed by atoms with van der Waals surface area (Å²) in [6, 6.07) is 14.4. The van der Waals surface area contributed by atoms with Gasteiger partial charge >= 0.3 is 0 Å². The number of aromatic hydroxyl groups is 2. The molecule has 3 aromatic carbocycles. The molecule has 0 aromatic heterocycles. The van der Waals surface area contributed by atoms with E-state index in [1.807, 2.05) is 30.6 Å². The minimum Gasteiger partial charge on any atom is -0.507 e. The number of hydrogen-bond donors (Lipinski definition) is 3. The summed E-state index contributed by atoms with van der Waals surface area (Å²) in [5, 5.41) is 31.0. The van der Waals surface area contributed by atoms with Crippen molar-refractivity contribution in [3.63, 3.8) is 0 Å². The summed E-state index contributed by atoms with van der Waals surface area (Å²) in [4.78, 5) is 24.0. The van der Waals surface area contributed by atoms with Crippen LogP contribution in [0.5, 0.6) is 11.5 Å². The van der Waals surface area contributed by atoms with Crippen LogP contribution in [0.2, 0.25) is 0 Å². The Morgan fingerprint density at radius 3 is 1.55 bits per heavy atom. The first kappa shape index (κ1) is 40.4. The zero-order valence-corrected chi connectivity index (χ0v) is 34.1. The quantitative estimate of drug-likeness (QED) is 0.217. The second-order valence-electron chi connectivity index (χ2n) is 17.9. The molecule has 3 N–H and O–H groups in total. The predicted octanol–water partition coefficient (Wildman–Crippen LogP) is 8.80. The Balaban J connectivity index is 0.00000103. The summed E-state index contributed by atoms with van der Waals surface area (Å²) >= 11 is 0. The third-order valence-electron chi connectivity index (χ3n) is 12.2. The molecule has 0 amide bonds. The minimum atomic E-state index is -0.833. The molecular formula is C44H58CoN4O4. The number of benzene rings is 3. The van der Waals surface area contributed by atoms with E-state index < -0.39 is 5.97 Å². The summed E-state index contributed by atoms with van der Waals surface area (Å²) in [6.45, 7) is 23.9. The molecule has 0 bridgehead atoms. The van der Waals surface area contributed by atoms with Crippen molar-refractivity contribution in [2.24, 2.45) is 9.98 Å². The molecule has 3 aromatic rings. The first-order chi connectivity index (χ1) is 24.3. The second-order valence-corrected chi connectivity index (χ2v) is 17.9. The Labute approximate surface area is 326 Å². The third-order valence-corrected chi connectivity index (χ3v) is 12.2. The first-order valence-corrected chi connectivity index (χ1v) is 18.9. The molecular weight excluding hydrogens is 707 g/mol. The molecule has 287 valence electrons. The van der Waals surface area contributed by atoms with Crippen molar-refractivity contribution in [2.45, 2.75) is 116 Å². The maximum Gasteiger partial charge on any atom is 0.300 e. The molecule has 7 rings (SSSR count). The van der Waals surface area contributed by atoms with Gasteiger partial charge in [-0.15, -0.1) is 0 Å². The molecule has 0 spiro atoms. The van der Waals surface area contributed by atoms with E-state index >= 15 is 0 Å². The van der Waals surface area contributed by atoms with Crippen LogP contribution in [0.25, 0.3) is 0 Å². The Hall–Kier alpha value is -3.82. The van der Waals surface area contributed by atoms with E-state index in [1.54, 1.807) is 0 Å². The minimum absolute atomic E-state index is 0. The normalized spacial score (nSPS) is 20.5. The van der Waals surface area contributed by atoms with Crippen molar-refractivity contribution < 1.29 is 36.9 Å². The van der Waals surface area contributed by atoms with Gasteiger partial charge in [-0.05, 0) is 76.2 Å². The van der Waals surface area contributed by atoms with Gasteiger partial charge in [0.1, 0.15) is 11.5 Å². The predicted molar refractivity (Wildman–Crippen MR) is 214 cm³/mol. The van der Waals surface area contributed by atoms with E-state index in [0.717, 1.165) is 86.6 Å². The van der Waals surface area contributed by atoms with Crippen LogP contribution in [-0.2, 0) is 43.2 Å². The molecule has 0 saturated carbocycles. The molecule has 9 heteroatoms. The van der Waals surface area contributed by atoms with Gasteiger partial charge in [0, 0.05) is 95.9 Å². The molecule has 0 saturated heterocycles. The number of carboxylic acids is 1. The molecule has 0 fully saturated rings. The van der Waals surface area contributed by atoms with Gasteiger partial charge in [0.05, 0.1) is 12.6 Å². The van der Waals surface area contributed by atoms with Gasteiger partial charge in [-0.3, -0.25) is 14.8 Å². The summed E-state index contributed by atoms with van der Waals surface area (Å²) in [5.74, 6) is -0.121. The molecule has 1 radical (unpaired) electrons. The van der Waals surface area contributed by atoms with E-state index in [0.29, 0.717) is 18.0 Å². The van der Waals surface area contributed by atoms with Crippen molar-refractivity contribution in [3.8, 4) is 11.5 Å². The summed E-state index contributed by atoms with van der Waals surface area (Å²) < 4.78 is 0. The van der Waals surface area contributed by atoms with Crippen LogP contribution >= 0.6 is 0 Å². The monoisotopic (exact) mass is 765 g/mol. The second kappa shape index (κ2) is 14.8. The summed E-state index contributed by atoms with van der Waals surface area (Å²) in [6.07, 6.45) is 7.94. The molecule has 53 heavy (non-hydrogen) atoms. The van der Waals surface area contributed by atoms with Gasteiger partial charge in [-0.25, -0.2) is 0 Å². The maximum absolute atomic E-state index is 11.8. The zero-order chi connectivity index (χ0) is 37.8. The number of carboxylic acid groups (broad SMARTS) is 1. The fourth-order valence-corrected chi connectivity index (χ4v) is 8.72. The molecule has 1 atom stereocenters. The van der Waals surface area contributed by atoms with E-state index in [2.05, 4.69) is 89.5 Å². The number of nitrogens with zero attached hydrogens (tertiary/aromatic N) is 4. The average Bonchev–Trinajstić information content (AvgIpc) is 3.05. The Kier molecular flexibility index (Phi) is 11.3. The van der Waals surface area contributed by atoms with Gasteiger partial charge in [0.25, 0.3) is 5.97 Å². The molecule has 4 heterocycles. The number of phenols is 2.